The lowest BCUT2D eigenvalue weighted by Crippen LogP contribution is -2.45. The van der Waals surface area contributed by atoms with Gasteiger partial charge >= 0.3 is 0 Å². The molecule has 2 aliphatic rings. The van der Waals surface area contributed by atoms with Crippen molar-refractivity contribution in [2.45, 2.75) is 42.6 Å². The molecule has 1 aromatic carbocycles. The van der Waals surface area contributed by atoms with Gasteiger partial charge in [0.25, 0.3) is 5.91 Å². The quantitative estimate of drug-likeness (QED) is 0.732. The molecule has 1 aromatic heterocycles. The van der Waals surface area contributed by atoms with Crippen LogP contribution in [0.3, 0.4) is 0 Å². The third-order valence-corrected chi connectivity index (χ3v) is 7.16. The number of fused-ring (bicyclic) bond motifs is 1. The zero-order chi connectivity index (χ0) is 19.8. The fourth-order valence-electron chi connectivity index (χ4n) is 3.89. The molecule has 0 bridgehead atoms. The summed E-state index contributed by atoms with van der Waals surface area (Å²) in [5.41, 5.74) is 6.57. The Labute approximate surface area is 176 Å². The first-order valence-corrected chi connectivity index (χ1v) is 11.1. The van der Waals surface area contributed by atoms with Crippen LogP contribution in [0.2, 0.25) is 0 Å². The van der Waals surface area contributed by atoms with Gasteiger partial charge in [-0.1, -0.05) is 46.7 Å². The van der Waals surface area contributed by atoms with Crippen molar-refractivity contribution in [1.29, 1.82) is 0 Å². The molecule has 2 N–H and O–H groups in total. The van der Waals surface area contributed by atoms with Crippen LogP contribution < -0.4 is 5.73 Å². The first kappa shape index (κ1) is 19.6. The highest BCUT2D eigenvalue weighted by Crippen LogP contribution is 2.42. The number of carbonyl (C=O) groups excluding carboxylic acids is 2. The molecule has 2 unspecified atom stereocenters. The lowest BCUT2D eigenvalue weighted by Gasteiger charge is -2.38. The van der Waals surface area contributed by atoms with Crippen molar-refractivity contribution in [2.75, 3.05) is 13.1 Å². The highest BCUT2D eigenvalue weighted by atomic mass is 79.9. The molecule has 2 atom stereocenters. The first-order chi connectivity index (χ1) is 13.5. The van der Waals surface area contributed by atoms with E-state index < -0.39 is 0 Å². The Hall–Kier alpha value is -1.71. The molecule has 7 nitrogen and oxygen atoms in total. The van der Waals surface area contributed by atoms with Gasteiger partial charge in [0.05, 0.1) is 6.04 Å². The second kappa shape index (κ2) is 7.96. The maximum Gasteiger partial charge on any atom is 0.264 e. The van der Waals surface area contributed by atoms with Crippen LogP contribution in [0.25, 0.3) is 0 Å². The Morgan fingerprint density at radius 3 is 2.57 bits per heavy atom. The van der Waals surface area contributed by atoms with Crippen molar-refractivity contribution >= 4 is 39.5 Å². The Balaban J connectivity index is 1.63. The fourth-order valence-corrected chi connectivity index (χ4v) is 5.43. The van der Waals surface area contributed by atoms with E-state index in [0.29, 0.717) is 17.4 Å². The molecule has 0 saturated carbocycles. The minimum absolute atomic E-state index is 0.0304. The van der Waals surface area contributed by atoms with E-state index in [1.165, 1.54) is 16.4 Å². The molecule has 1 fully saturated rings. The predicted octanol–water partition coefficient (Wildman–Crippen LogP) is 2.66. The molecular formula is C19H22BrN5O2S. The van der Waals surface area contributed by atoms with E-state index >= 15 is 0 Å². The highest BCUT2D eigenvalue weighted by molar-refractivity contribution is 9.10. The highest BCUT2D eigenvalue weighted by Gasteiger charge is 2.43. The maximum atomic E-state index is 13.2. The molecule has 2 aliphatic heterocycles. The molecule has 28 heavy (non-hydrogen) atoms. The van der Waals surface area contributed by atoms with Crippen molar-refractivity contribution in [3.63, 3.8) is 0 Å². The molecule has 0 radical (unpaired) electrons. The Bertz CT molecular complexity index is 892. The normalized spacial score (nSPS) is 21.6. The van der Waals surface area contributed by atoms with Gasteiger partial charge in [-0.25, -0.2) is 4.98 Å². The molecule has 9 heteroatoms. The van der Waals surface area contributed by atoms with Crippen LogP contribution in [0.4, 0.5) is 0 Å². The number of halogens is 1. The fraction of sp³-hybridized carbons (Fsp3) is 0.474. The van der Waals surface area contributed by atoms with Gasteiger partial charge in [0.1, 0.15) is 5.25 Å². The van der Waals surface area contributed by atoms with Crippen LogP contribution in [0.5, 0.6) is 0 Å². The van der Waals surface area contributed by atoms with E-state index in [2.05, 4.69) is 43.0 Å². The Morgan fingerprint density at radius 1 is 1.32 bits per heavy atom. The Kier molecular flexibility index (Phi) is 5.57. The summed E-state index contributed by atoms with van der Waals surface area (Å²) in [5.74, 6) is 0.342. The van der Waals surface area contributed by atoms with Crippen molar-refractivity contribution in [1.82, 2.24) is 19.7 Å². The van der Waals surface area contributed by atoms with Gasteiger partial charge in [-0.3, -0.25) is 14.5 Å². The van der Waals surface area contributed by atoms with E-state index in [1.807, 2.05) is 19.1 Å². The van der Waals surface area contributed by atoms with Gasteiger partial charge in [0.15, 0.2) is 11.0 Å². The SMILES string of the molecule is CCc1nc2n(n1)C(=O)C(C(c1ccc(Br)cc1)N1CCC(C(N)=O)CC1)S2. The number of likely N-dealkylation sites (tertiary alicyclic amines) is 1. The molecule has 148 valence electrons. The number of aryl methyl sites for hydroxylation is 1. The predicted molar refractivity (Wildman–Crippen MR) is 110 cm³/mol. The third kappa shape index (κ3) is 3.62. The number of hydrogen-bond donors (Lipinski definition) is 1. The largest absolute Gasteiger partial charge is 0.369 e. The number of piperidine rings is 1. The second-order valence-electron chi connectivity index (χ2n) is 7.16. The van der Waals surface area contributed by atoms with Crippen molar-refractivity contribution in [3.05, 3.63) is 40.1 Å². The van der Waals surface area contributed by atoms with E-state index in [1.54, 1.807) is 0 Å². The zero-order valence-electron chi connectivity index (χ0n) is 15.5. The molecule has 1 saturated heterocycles. The molecule has 0 aliphatic carbocycles. The van der Waals surface area contributed by atoms with Crippen LogP contribution in [-0.2, 0) is 11.2 Å². The summed E-state index contributed by atoms with van der Waals surface area (Å²) in [6.07, 6.45) is 2.14. The van der Waals surface area contributed by atoms with Crippen molar-refractivity contribution in [3.8, 4) is 0 Å². The van der Waals surface area contributed by atoms with Crippen LogP contribution in [0, 0.1) is 5.92 Å². The first-order valence-electron chi connectivity index (χ1n) is 9.43. The molecule has 2 aromatic rings. The van der Waals surface area contributed by atoms with Gasteiger partial charge < -0.3 is 5.73 Å². The zero-order valence-corrected chi connectivity index (χ0v) is 17.9. The number of hydrogen-bond acceptors (Lipinski definition) is 6. The topological polar surface area (TPSA) is 94.1 Å². The number of rotatable bonds is 5. The van der Waals surface area contributed by atoms with E-state index in [-0.39, 0.29) is 29.0 Å². The summed E-state index contributed by atoms with van der Waals surface area (Å²) >= 11 is 4.96. The van der Waals surface area contributed by atoms with Crippen LogP contribution >= 0.6 is 27.7 Å². The molecule has 4 rings (SSSR count). The third-order valence-electron chi connectivity index (χ3n) is 5.45. The molecule has 3 heterocycles. The number of nitrogens with two attached hydrogens (primary N) is 1. The number of thioether (sulfide) groups is 1. The molecule has 1 amide bonds. The summed E-state index contributed by atoms with van der Waals surface area (Å²) < 4.78 is 2.45. The van der Waals surface area contributed by atoms with Gasteiger partial charge in [-0.05, 0) is 43.6 Å². The van der Waals surface area contributed by atoms with Gasteiger partial charge in [0, 0.05) is 16.8 Å². The van der Waals surface area contributed by atoms with Crippen molar-refractivity contribution < 1.29 is 9.59 Å². The average molecular weight is 464 g/mol. The summed E-state index contributed by atoms with van der Waals surface area (Å²) in [5, 5.41) is 4.71. The monoisotopic (exact) mass is 463 g/mol. The molecule has 0 spiro atoms. The van der Waals surface area contributed by atoms with E-state index in [9.17, 15) is 9.59 Å². The second-order valence-corrected chi connectivity index (χ2v) is 9.19. The van der Waals surface area contributed by atoms with Crippen LogP contribution in [-0.4, -0.2) is 49.8 Å². The smallest absolute Gasteiger partial charge is 0.264 e. The standard InChI is InChI=1S/C19H22BrN5O2S/c1-2-14-22-19-25(23-14)18(27)16(28-19)15(11-3-5-13(20)6-4-11)24-9-7-12(8-10-24)17(21)26/h3-6,12,15-16H,2,7-10H2,1H3,(H2,21,26). The number of aromatic nitrogens is 3. The number of benzene rings is 1. The lowest BCUT2D eigenvalue weighted by molar-refractivity contribution is -0.123. The number of carbonyl (C=O) groups is 2. The van der Waals surface area contributed by atoms with Crippen LogP contribution in [0.1, 0.15) is 42.0 Å². The number of amides is 1. The Morgan fingerprint density at radius 2 is 2.00 bits per heavy atom. The number of nitrogens with zero attached hydrogens (tertiary/aromatic N) is 4. The maximum absolute atomic E-state index is 13.2. The van der Waals surface area contributed by atoms with Gasteiger partial charge in [0.2, 0.25) is 5.91 Å². The lowest BCUT2D eigenvalue weighted by atomic mass is 9.92. The van der Waals surface area contributed by atoms with E-state index in [0.717, 1.165) is 36.0 Å². The minimum Gasteiger partial charge on any atom is -0.369 e. The van der Waals surface area contributed by atoms with Gasteiger partial charge in [-0.15, -0.1) is 5.10 Å². The summed E-state index contributed by atoms with van der Waals surface area (Å²) in [6, 6.07) is 7.99. The van der Waals surface area contributed by atoms with Gasteiger partial charge in [-0.2, -0.15) is 4.68 Å². The summed E-state index contributed by atoms with van der Waals surface area (Å²) in [6.45, 7) is 3.44. The van der Waals surface area contributed by atoms with Crippen LogP contribution in [0.15, 0.2) is 33.9 Å². The van der Waals surface area contributed by atoms with Crippen molar-refractivity contribution in [2.24, 2.45) is 11.7 Å². The summed E-state index contributed by atoms with van der Waals surface area (Å²) in [7, 11) is 0. The average Bonchev–Trinajstić information content (AvgIpc) is 3.23. The summed E-state index contributed by atoms with van der Waals surface area (Å²) in [4.78, 5) is 31.5. The minimum atomic E-state index is -0.313. The number of primary amides is 1. The van der Waals surface area contributed by atoms with E-state index in [4.69, 9.17) is 5.73 Å². The molecular weight excluding hydrogens is 442 g/mol.